The van der Waals surface area contributed by atoms with E-state index < -0.39 is 0 Å². The fourth-order valence-electron chi connectivity index (χ4n) is 1.97. The number of nitrogens with two attached hydrogens (primary N) is 1. The van der Waals surface area contributed by atoms with Crippen molar-refractivity contribution in [2.75, 3.05) is 5.73 Å². The van der Waals surface area contributed by atoms with Crippen LogP contribution in [0.2, 0.25) is 0 Å². The molecule has 0 aliphatic rings. The van der Waals surface area contributed by atoms with Crippen LogP contribution in [-0.4, -0.2) is 9.55 Å². The molecule has 0 spiro atoms. The van der Waals surface area contributed by atoms with Crippen LogP contribution in [0.1, 0.15) is 32.2 Å². The molecule has 0 amide bonds. The monoisotopic (exact) mass is 229 g/mol. The van der Waals surface area contributed by atoms with Gasteiger partial charge in [0.25, 0.3) is 0 Å². The molecule has 0 unspecified atom stereocenters. The summed E-state index contributed by atoms with van der Waals surface area (Å²) in [6.45, 7) is 7.33. The second kappa shape index (κ2) is 4.24. The molecule has 90 valence electrons. The summed E-state index contributed by atoms with van der Waals surface area (Å²) >= 11 is 0. The number of hydrogen-bond donors (Lipinski definition) is 1. The van der Waals surface area contributed by atoms with Crippen LogP contribution in [0.4, 0.5) is 5.69 Å². The van der Waals surface area contributed by atoms with Gasteiger partial charge in [-0.1, -0.05) is 32.9 Å². The summed E-state index contributed by atoms with van der Waals surface area (Å²) in [7, 11) is 0. The van der Waals surface area contributed by atoms with Gasteiger partial charge in [-0.25, -0.2) is 4.98 Å². The Hall–Kier alpha value is -1.77. The SMILES string of the molecule is CC(C)(C)c1nccn1Cc1cccc(N)c1. The molecule has 2 N–H and O–H groups in total. The Kier molecular flexibility index (Phi) is 2.92. The number of anilines is 1. The lowest BCUT2D eigenvalue weighted by Crippen LogP contribution is -2.19. The van der Waals surface area contributed by atoms with Crippen molar-refractivity contribution in [1.29, 1.82) is 0 Å². The highest BCUT2D eigenvalue weighted by atomic mass is 15.1. The lowest BCUT2D eigenvalue weighted by molar-refractivity contribution is 0.511. The van der Waals surface area contributed by atoms with Crippen molar-refractivity contribution in [3.8, 4) is 0 Å². The molecule has 0 fully saturated rings. The molecule has 1 heterocycles. The van der Waals surface area contributed by atoms with E-state index in [1.807, 2.05) is 30.6 Å². The molecular weight excluding hydrogens is 210 g/mol. The molecule has 2 rings (SSSR count). The van der Waals surface area contributed by atoms with Gasteiger partial charge in [-0.05, 0) is 17.7 Å². The summed E-state index contributed by atoms with van der Waals surface area (Å²) in [6, 6.07) is 7.98. The first-order chi connectivity index (χ1) is 7.97. The van der Waals surface area contributed by atoms with E-state index in [1.165, 1.54) is 5.56 Å². The highest BCUT2D eigenvalue weighted by Crippen LogP contribution is 2.21. The van der Waals surface area contributed by atoms with Crippen molar-refractivity contribution in [2.24, 2.45) is 0 Å². The average Bonchev–Trinajstić information content (AvgIpc) is 2.65. The molecule has 2 aromatic rings. The van der Waals surface area contributed by atoms with Crippen molar-refractivity contribution in [3.63, 3.8) is 0 Å². The molecule has 3 heteroatoms. The zero-order valence-electron chi connectivity index (χ0n) is 10.6. The molecular formula is C14H19N3. The van der Waals surface area contributed by atoms with E-state index in [4.69, 9.17) is 5.73 Å². The normalized spacial score (nSPS) is 11.7. The van der Waals surface area contributed by atoms with E-state index in [9.17, 15) is 0 Å². The number of rotatable bonds is 2. The Balaban J connectivity index is 2.28. The van der Waals surface area contributed by atoms with Crippen molar-refractivity contribution in [1.82, 2.24) is 9.55 Å². The second-order valence-corrected chi connectivity index (χ2v) is 5.37. The van der Waals surface area contributed by atoms with Crippen LogP contribution in [0.25, 0.3) is 0 Å². The molecule has 0 atom stereocenters. The fourth-order valence-corrected chi connectivity index (χ4v) is 1.97. The molecule has 0 saturated carbocycles. The van der Waals surface area contributed by atoms with E-state index in [2.05, 4.69) is 36.4 Å². The standard InChI is InChI=1S/C14H19N3/c1-14(2,3)13-16-7-8-17(13)10-11-5-4-6-12(15)9-11/h4-9H,10,15H2,1-3H3. The molecule has 1 aromatic heterocycles. The first kappa shape index (κ1) is 11.7. The van der Waals surface area contributed by atoms with E-state index in [0.717, 1.165) is 18.1 Å². The van der Waals surface area contributed by atoms with Crippen LogP contribution < -0.4 is 5.73 Å². The first-order valence-corrected chi connectivity index (χ1v) is 5.83. The summed E-state index contributed by atoms with van der Waals surface area (Å²) in [5, 5.41) is 0. The van der Waals surface area contributed by atoms with E-state index >= 15 is 0 Å². The average molecular weight is 229 g/mol. The van der Waals surface area contributed by atoms with Gasteiger partial charge in [0.15, 0.2) is 0 Å². The third kappa shape index (κ3) is 2.67. The number of imidazole rings is 1. The van der Waals surface area contributed by atoms with E-state index in [-0.39, 0.29) is 5.41 Å². The largest absolute Gasteiger partial charge is 0.399 e. The van der Waals surface area contributed by atoms with Crippen LogP contribution in [-0.2, 0) is 12.0 Å². The maximum Gasteiger partial charge on any atom is 0.114 e. The lowest BCUT2D eigenvalue weighted by Gasteiger charge is -2.19. The zero-order chi connectivity index (χ0) is 12.5. The lowest BCUT2D eigenvalue weighted by atomic mass is 9.95. The van der Waals surface area contributed by atoms with Gasteiger partial charge in [0.1, 0.15) is 5.82 Å². The van der Waals surface area contributed by atoms with Gasteiger partial charge < -0.3 is 10.3 Å². The Labute approximate surface area is 102 Å². The summed E-state index contributed by atoms with van der Waals surface area (Å²) < 4.78 is 2.18. The van der Waals surface area contributed by atoms with E-state index in [0.29, 0.717) is 0 Å². The second-order valence-electron chi connectivity index (χ2n) is 5.37. The van der Waals surface area contributed by atoms with Gasteiger partial charge in [0.05, 0.1) is 0 Å². The van der Waals surface area contributed by atoms with Crippen molar-refractivity contribution in [2.45, 2.75) is 32.7 Å². The van der Waals surface area contributed by atoms with Gasteiger partial charge in [0.2, 0.25) is 0 Å². The Morgan fingerprint density at radius 3 is 2.71 bits per heavy atom. The number of nitrogens with zero attached hydrogens (tertiary/aromatic N) is 2. The Bertz CT molecular complexity index is 506. The van der Waals surface area contributed by atoms with Gasteiger partial charge in [-0.3, -0.25) is 0 Å². The van der Waals surface area contributed by atoms with Crippen LogP contribution in [0.3, 0.4) is 0 Å². The summed E-state index contributed by atoms with van der Waals surface area (Å²) in [4.78, 5) is 4.44. The number of nitrogen functional groups attached to an aromatic ring is 1. The Morgan fingerprint density at radius 1 is 1.29 bits per heavy atom. The molecule has 17 heavy (non-hydrogen) atoms. The summed E-state index contributed by atoms with van der Waals surface area (Å²) in [6.07, 6.45) is 3.87. The summed E-state index contributed by atoms with van der Waals surface area (Å²) in [5.74, 6) is 1.10. The van der Waals surface area contributed by atoms with E-state index in [1.54, 1.807) is 0 Å². The highest BCUT2D eigenvalue weighted by molar-refractivity contribution is 5.40. The van der Waals surface area contributed by atoms with Crippen molar-refractivity contribution >= 4 is 5.69 Å². The smallest absolute Gasteiger partial charge is 0.114 e. The number of hydrogen-bond acceptors (Lipinski definition) is 2. The molecule has 0 aliphatic heterocycles. The third-order valence-electron chi connectivity index (χ3n) is 2.69. The molecule has 0 saturated heterocycles. The third-order valence-corrected chi connectivity index (χ3v) is 2.69. The predicted molar refractivity (Wildman–Crippen MR) is 70.9 cm³/mol. The molecule has 0 aliphatic carbocycles. The molecule has 0 radical (unpaired) electrons. The molecule has 0 bridgehead atoms. The zero-order valence-corrected chi connectivity index (χ0v) is 10.6. The maximum absolute atomic E-state index is 5.79. The van der Waals surface area contributed by atoms with Crippen LogP contribution in [0.15, 0.2) is 36.7 Å². The van der Waals surface area contributed by atoms with Gasteiger partial charge in [-0.15, -0.1) is 0 Å². The minimum atomic E-state index is 0.0594. The van der Waals surface area contributed by atoms with Gasteiger partial charge >= 0.3 is 0 Å². The predicted octanol–water partition coefficient (Wildman–Crippen LogP) is 2.81. The highest BCUT2D eigenvalue weighted by Gasteiger charge is 2.19. The molecule has 1 aromatic carbocycles. The van der Waals surface area contributed by atoms with Gasteiger partial charge in [0, 0.05) is 30.0 Å². The number of benzene rings is 1. The maximum atomic E-state index is 5.79. The quantitative estimate of drug-likeness (QED) is 0.805. The first-order valence-electron chi connectivity index (χ1n) is 5.83. The Morgan fingerprint density at radius 2 is 2.06 bits per heavy atom. The fraction of sp³-hybridized carbons (Fsp3) is 0.357. The number of aromatic nitrogens is 2. The van der Waals surface area contributed by atoms with Crippen LogP contribution in [0, 0.1) is 0 Å². The minimum absolute atomic E-state index is 0.0594. The topological polar surface area (TPSA) is 43.8 Å². The van der Waals surface area contributed by atoms with Crippen LogP contribution >= 0.6 is 0 Å². The van der Waals surface area contributed by atoms with Crippen LogP contribution in [0.5, 0.6) is 0 Å². The minimum Gasteiger partial charge on any atom is -0.399 e. The van der Waals surface area contributed by atoms with Crippen molar-refractivity contribution in [3.05, 3.63) is 48.0 Å². The van der Waals surface area contributed by atoms with Gasteiger partial charge in [-0.2, -0.15) is 0 Å². The van der Waals surface area contributed by atoms with Crippen molar-refractivity contribution < 1.29 is 0 Å². The molecule has 3 nitrogen and oxygen atoms in total. The summed E-state index contributed by atoms with van der Waals surface area (Å²) in [5.41, 5.74) is 7.85.